The summed E-state index contributed by atoms with van der Waals surface area (Å²) in [6, 6.07) is 9.14. The fourth-order valence-electron chi connectivity index (χ4n) is 2.64. The zero-order chi connectivity index (χ0) is 12.1. The minimum Gasteiger partial charge on any atom is -0.393 e. The van der Waals surface area contributed by atoms with Crippen LogP contribution in [0.1, 0.15) is 37.3 Å². The van der Waals surface area contributed by atoms with E-state index in [1.165, 1.54) is 30.4 Å². The number of hydrogen-bond acceptors (Lipinski definition) is 2. The lowest BCUT2D eigenvalue weighted by Gasteiger charge is -2.24. The maximum absolute atomic E-state index is 9.52. The van der Waals surface area contributed by atoms with Crippen LogP contribution < -0.4 is 5.32 Å². The molecular formula is C15H23NO. The quantitative estimate of drug-likeness (QED) is 0.836. The average Bonchev–Trinajstić information content (AvgIpc) is 2.32. The molecule has 2 unspecified atom stereocenters. The Hall–Kier alpha value is -0.860. The van der Waals surface area contributed by atoms with E-state index < -0.39 is 0 Å². The van der Waals surface area contributed by atoms with Crippen LogP contribution in [-0.2, 0) is 12.8 Å². The Morgan fingerprint density at radius 2 is 2.06 bits per heavy atom. The molecule has 1 aliphatic heterocycles. The van der Waals surface area contributed by atoms with Crippen LogP contribution in [0.15, 0.2) is 24.3 Å². The minimum absolute atomic E-state index is 0.254. The van der Waals surface area contributed by atoms with Gasteiger partial charge in [-0.2, -0.15) is 0 Å². The maximum Gasteiger partial charge on any atom is 0.0552 e. The van der Waals surface area contributed by atoms with E-state index in [1.807, 2.05) is 6.92 Å². The van der Waals surface area contributed by atoms with Crippen LogP contribution in [0.5, 0.6) is 0 Å². The topological polar surface area (TPSA) is 32.3 Å². The number of hydrogen-bond donors (Lipinski definition) is 2. The highest BCUT2D eigenvalue weighted by molar-refractivity contribution is 5.28. The molecule has 0 bridgehead atoms. The van der Waals surface area contributed by atoms with Crippen molar-refractivity contribution in [3.8, 4) is 0 Å². The molecule has 1 saturated heterocycles. The monoisotopic (exact) mass is 233 g/mol. The van der Waals surface area contributed by atoms with Crippen molar-refractivity contribution in [2.24, 2.45) is 0 Å². The molecule has 2 N–H and O–H groups in total. The third-order valence-corrected chi connectivity index (χ3v) is 3.51. The first-order chi connectivity index (χ1) is 8.25. The Bertz CT molecular complexity index is 343. The van der Waals surface area contributed by atoms with Gasteiger partial charge in [0.15, 0.2) is 0 Å². The maximum atomic E-state index is 9.52. The second kappa shape index (κ2) is 6.18. The average molecular weight is 233 g/mol. The van der Waals surface area contributed by atoms with Crippen molar-refractivity contribution < 1.29 is 5.11 Å². The van der Waals surface area contributed by atoms with Crippen molar-refractivity contribution in [2.75, 3.05) is 6.54 Å². The lowest BCUT2D eigenvalue weighted by atomic mass is 9.93. The van der Waals surface area contributed by atoms with E-state index in [0.29, 0.717) is 6.04 Å². The summed E-state index contributed by atoms with van der Waals surface area (Å²) in [4.78, 5) is 0. The van der Waals surface area contributed by atoms with E-state index >= 15 is 0 Å². The number of rotatable bonds is 4. The van der Waals surface area contributed by atoms with Gasteiger partial charge in [-0.1, -0.05) is 30.7 Å². The molecule has 0 aromatic heterocycles. The molecule has 1 aliphatic rings. The van der Waals surface area contributed by atoms with Crippen molar-refractivity contribution in [1.29, 1.82) is 0 Å². The number of nitrogens with one attached hydrogen (secondary N) is 1. The van der Waals surface area contributed by atoms with E-state index in [9.17, 15) is 5.11 Å². The fraction of sp³-hybridized carbons (Fsp3) is 0.600. The third kappa shape index (κ3) is 3.83. The third-order valence-electron chi connectivity index (χ3n) is 3.51. The Balaban J connectivity index is 2.03. The van der Waals surface area contributed by atoms with Gasteiger partial charge in [0, 0.05) is 6.04 Å². The summed E-state index contributed by atoms with van der Waals surface area (Å²) in [5.41, 5.74) is 2.70. The molecule has 1 heterocycles. The van der Waals surface area contributed by atoms with Gasteiger partial charge in [-0.05, 0) is 50.3 Å². The Morgan fingerprint density at radius 1 is 1.29 bits per heavy atom. The summed E-state index contributed by atoms with van der Waals surface area (Å²) in [6.07, 6.45) is 5.55. The molecule has 1 aromatic rings. The summed E-state index contributed by atoms with van der Waals surface area (Å²) < 4.78 is 0. The van der Waals surface area contributed by atoms with Crippen molar-refractivity contribution in [3.63, 3.8) is 0 Å². The molecule has 94 valence electrons. The van der Waals surface area contributed by atoms with Gasteiger partial charge < -0.3 is 10.4 Å². The predicted octanol–water partition coefficient (Wildman–Crippen LogP) is 2.29. The molecule has 0 radical (unpaired) electrons. The molecule has 2 rings (SSSR count). The normalized spacial score (nSPS) is 22.4. The van der Waals surface area contributed by atoms with Gasteiger partial charge in [0.25, 0.3) is 0 Å². The first kappa shape index (κ1) is 12.6. The number of aliphatic hydroxyl groups excluding tert-OH is 1. The molecule has 0 aliphatic carbocycles. The molecule has 17 heavy (non-hydrogen) atoms. The number of benzene rings is 1. The van der Waals surface area contributed by atoms with Gasteiger partial charge in [-0.15, -0.1) is 0 Å². The van der Waals surface area contributed by atoms with Crippen molar-refractivity contribution in [3.05, 3.63) is 35.4 Å². The molecule has 1 aromatic carbocycles. The van der Waals surface area contributed by atoms with E-state index in [2.05, 4.69) is 29.6 Å². The second-order valence-electron chi connectivity index (χ2n) is 5.17. The lowest BCUT2D eigenvalue weighted by Crippen LogP contribution is -2.35. The van der Waals surface area contributed by atoms with Gasteiger partial charge in [-0.3, -0.25) is 0 Å². The van der Waals surface area contributed by atoms with Crippen molar-refractivity contribution in [1.82, 2.24) is 5.32 Å². The first-order valence-corrected chi connectivity index (χ1v) is 6.74. The van der Waals surface area contributed by atoms with Gasteiger partial charge in [0.2, 0.25) is 0 Å². The molecule has 2 heteroatoms. The van der Waals surface area contributed by atoms with E-state index in [0.717, 1.165) is 19.4 Å². The number of aliphatic hydroxyl groups is 1. The van der Waals surface area contributed by atoms with Gasteiger partial charge in [0.1, 0.15) is 0 Å². The van der Waals surface area contributed by atoms with Crippen LogP contribution in [0.4, 0.5) is 0 Å². The highest BCUT2D eigenvalue weighted by atomic mass is 16.3. The molecule has 2 atom stereocenters. The molecule has 1 fully saturated rings. The van der Waals surface area contributed by atoms with Gasteiger partial charge in [0.05, 0.1) is 6.10 Å². The van der Waals surface area contributed by atoms with Crippen LogP contribution in [0, 0.1) is 0 Å². The van der Waals surface area contributed by atoms with E-state index in [-0.39, 0.29) is 6.10 Å². The van der Waals surface area contributed by atoms with Crippen molar-refractivity contribution >= 4 is 0 Å². The lowest BCUT2D eigenvalue weighted by molar-refractivity contribution is 0.195. The fourth-order valence-corrected chi connectivity index (χ4v) is 2.64. The van der Waals surface area contributed by atoms with Gasteiger partial charge >= 0.3 is 0 Å². The van der Waals surface area contributed by atoms with Crippen LogP contribution in [0.2, 0.25) is 0 Å². The van der Waals surface area contributed by atoms with E-state index in [4.69, 9.17) is 0 Å². The Morgan fingerprint density at radius 3 is 2.71 bits per heavy atom. The van der Waals surface area contributed by atoms with E-state index in [1.54, 1.807) is 0 Å². The number of piperidine rings is 1. The molecule has 0 amide bonds. The smallest absolute Gasteiger partial charge is 0.0552 e. The Labute approximate surface area is 104 Å². The zero-order valence-electron chi connectivity index (χ0n) is 10.7. The minimum atomic E-state index is -0.254. The standard InChI is InChI=1S/C15H23NO/c1-12(17)10-13-6-2-3-7-14(13)11-15-8-4-5-9-16-15/h2-3,6-7,12,15-17H,4-5,8-11H2,1H3. The zero-order valence-corrected chi connectivity index (χ0v) is 10.7. The molecule has 2 nitrogen and oxygen atoms in total. The largest absolute Gasteiger partial charge is 0.393 e. The first-order valence-electron chi connectivity index (χ1n) is 6.74. The highest BCUT2D eigenvalue weighted by Crippen LogP contribution is 2.17. The summed E-state index contributed by atoms with van der Waals surface area (Å²) in [5.74, 6) is 0. The highest BCUT2D eigenvalue weighted by Gasteiger charge is 2.14. The second-order valence-corrected chi connectivity index (χ2v) is 5.17. The molecule has 0 saturated carbocycles. The van der Waals surface area contributed by atoms with Crippen molar-refractivity contribution in [2.45, 2.75) is 51.2 Å². The molecular weight excluding hydrogens is 210 g/mol. The van der Waals surface area contributed by atoms with Crippen LogP contribution >= 0.6 is 0 Å². The van der Waals surface area contributed by atoms with Crippen LogP contribution in [0.3, 0.4) is 0 Å². The summed E-state index contributed by atoms with van der Waals surface area (Å²) >= 11 is 0. The SMILES string of the molecule is CC(O)Cc1ccccc1CC1CCCCN1. The molecule has 0 spiro atoms. The summed E-state index contributed by atoms with van der Waals surface area (Å²) in [7, 11) is 0. The Kier molecular flexibility index (Phi) is 4.57. The van der Waals surface area contributed by atoms with Crippen LogP contribution in [-0.4, -0.2) is 23.8 Å². The predicted molar refractivity (Wildman–Crippen MR) is 71.2 cm³/mol. The summed E-state index contributed by atoms with van der Waals surface area (Å²) in [5, 5.41) is 13.1. The van der Waals surface area contributed by atoms with Gasteiger partial charge in [-0.25, -0.2) is 0 Å². The summed E-state index contributed by atoms with van der Waals surface area (Å²) in [6.45, 7) is 3.01. The van der Waals surface area contributed by atoms with Crippen LogP contribution in [0.25, 0.3) is 0 Å².